The first-order chi connectivity index (χ1) is 9.31. The molecular weight excluding hydrogens is 280 g/mol. The number of hydrogen-bond donors (Lipinski definition) is 0. The first kappa shape index (κ1) is 15.4. The summed E-state index contributed by atoms with van der Waals surface area (Å²) in [7, 11) is 0. The Labute approximate surface area is 125 Å². The Balaban J connectivity index is 1.93. The molecule has 0 N–H and O–H groups in total. The molecular formula is C14H23ClN2O3. The minimum absolute atomic E-state index is 0.0133. The van der Waals surface area contributed by atoms with Gasteiger partial charge in [0.25, 0.3) is 0 Å². The SMILES string of the molecule is CC(C)(C)OC(=O)N1CCC(N(C(=O)CCl)C2CC2)C1. The van der Waals surface area contributed by atoms with Crippen molar-refractivity contribution in [1.82, 2.24) is 9.80 Å². The topological polar surface area (TPSA) is 49.9 Å². The van der Waals surface area contributed by atoms with E-state index in [2.05, 4.69) is 0 Å². The van der Waals surface area contributed by atoms with E-state index in [1.54, 1.807) is 4.90 Å². The van der Waals surface area contributed by atoms with Crippen LogP contribution in [0, 0.1) is 0 Å². The van der Waals surface area contributed by atoms with Gasteiger partial charge in [-0.1, -0.05) is 0 Å². The second kappa shape index (κ2) is 5.80. The Bertz CT molecular complexity index is 390. The normalized spacial score (nSPS) is 22.8. The van der Waals surface area contributed by atoms with Crippen LogP contribution in [0.2, 0.25) is 0 Å². The van der Waals surface area contributed by atoms with E-state index in [9.17, 15) is 9.59 Å². The second-order valence-electron chi connectivity index (χ2n) is 6.53. The number of alkyl halides is 1. The predicted molar refractivity (Wildman–Crippen MR) is 76.8 cm³/mol. The summed E-state index contributed by atoms with van der Waals surface area (Å²) in [5.74, 6) is -0.00963. The van der Waals surface area contributed by atoms with E-state index in [-0.39, 0.29) is 23.9 Å². The van der Waals surface area contributed by atoms with Crippen LogP contribution < -0.4 is 0 Å². The van der Waals surface area contributed by atoms with E-state index in [4.69, 9.17) is 16.3 Å². The highest BCUT2D eigenvalue weighted by atomic mass is 35.5. The number of nitrogens with zero attached hydrogens (tertiary/aromatic N) is 2. The summed E-state index contributed by atoms with van der Waals surface area (Å²) in [6.45, 7) is 6.75. The minimum Gasteiger partial charge on any atom is -0.444 e. The molecule has 1 unspecified atom stereocenters. The van der Waals surface area contributed by atoms with E-state index < -0.39 is 5.60 Å². The maximum atomic E-state index is 12.0. The molecule has 1 atom stereocenters. The van der Waals surface area contributed by atoms with Crippen molar-refractivity contribution in [2.45, 2.75) is 57.7 Å². The number of likely N-dealkylation sites (tertiary alicyclic amines) is 1. The Hall–Kier alpha value is -0.970. The lowest BCUT2D eigenvalue weighted by molar-refractivity contribution is -0.131. The first-order valence-corrected chi connectivity index (χ1v) is 7.70. The van der Waals surface area contributed by atoms with Gasteiger partial charge in [0.15, 0.2) is 0 Å². The van der Waals surface area contributed by atoms with Crippen molar-refractivity contribution in [2.75, 3.05) is 19.0 Å². The van der Waals surface area contributed by atoms with Gasteiger partial charge in [-0.3, -0.25) is 4.79 Å². The van der Waals surface area contributed by atoms with Crippen molar-refractivity contribution in [3.63, 3.8) is 0 Å². The highest BCUT2D eigenvalue weighted by molar-refractivity contribution is 6.27. The predicted octanol–water partition coefficient (Wildman–Crippen LogP) is 2.23. The summed E-state index contributed by atoms with van der Waals surface area (Å²) in [5, 5.41) is 0. The van der Waals surface area contributed by atoms with Gasteiger partial charge in [0.2, 0.25) is 5.91 Å². The summed E-state index contributed by atoms with van der Waals surface area (Å²) in [6.07, 6.45) is 2.60. The fraction of sp³-hybridized carbons (Fsp3) is 0.857. The van der Waals surface area contributed by atoms with E-state index in [1.165, 1.54) is 0 Å². The van der Waals surface area contributed by atoms with Gasteiger partial charge in [-0.25, -0.2) is 4.79 Å². The fourth-order valence-corrected chi connectivity index (χ4v) is 2.73. The van der Waals surface area contributed by atoms with E-state index >= 15 is 0 Å². The van der Waals surface area contributed by atoms with Crippen LogP contribution in [0.1, 0.15) is 40.0 Å². The van der Waals surface area contributed by atoms with Gasteiger partial charge in [0, 0.05) is 19.1 Å². The number of carbonyl (C=O) groups excluding carboxylic acids is 2. The van der Waals surface area contributed by atoms with Gasteiger partial charge in [0.05, 0.1) is 6.04 Å². The minimum atomic E-state index is -0.489. The number of halogens is 1. The zero-order valence-electron chi connectivity index (χ0n) is 12.4. The van der Waals surface area contributed by atoms with Crippen molar-refractivity contribution >= 4 is 23.6 Å². The van der Waals surface area contributed by atoms with Crippen molar-refractivity contribution in [3.8, 4) is 0 Å². The summed E-state index contributed by atoms with van der Waals surface area (Å²) < 4.78 is 5.37. The fourth-order valence-electron chi connectivity index (χ4n) is 2.59. The van der Waals surface area contributed by atoms with Crippen LogP contribution >= 0.6 is 11.6 Å². The van der Waals surface area contributed by atoms with Crippen LogP contribution in [-0.4, -0.2) is 58.5 Å². The molecule has 1 heterocycles. The quantitative estimate of drug-likeness (QED) is 0.751. The van der Waals surface area contributed by atoms with Crippen LogP contribution in [0.4, 0.5) is 4.79 Å². The molecule has 1 saturated heterocycles. The van der Waals surface area contributed by atoms with Crippen molar-refractivity contribution < 1.29 is 14.3 Å². The molecule has 5 nitrogen and oxygen atoms in total. The van der Waals surface area contributed by atoms with Crippen LogP contribution in [-0.2, 0) is 9.53 Å². The Kier molecular flexibility index (Phi) is 4.47. The highest BCUT2D eigenvalue weighted by Gasteiger charge is 2.41. The van der Waals surface area contributed by atoms with Crippen LogP contribution in [0.5, 0.6) is 0 Å². The maximum Gasteiger partial charge on any atom is 0.410 e. The van der Waals surface area contributed by atoms with Gasteiger partial charge < -0.3 is 14.5 Å². The molecule has 1 aliphatic carbocycles. The van der Waals surface area contributed by atoms with Crippen molar-refractivity contribution in [2.24, 2.45) is 0 Å². The molecule has 2 amide bonds. The standard InChI is InChI=1S/C14H23ClN2O3/c1-14(2,3)20-13(19)16-7-6-11(9-16)17(10-4-5-10)12(18)8-15/h10-11H,4-9H2,1-3H3. The summed E-state index contributed by atoms with van der Waals surface area (Å²) in [5.41, 5.74) is -0.489. The molecule has 20 heavy (non-hydrogen) atoms. The first-order valence-electron chi connectivity index (χ1n) is 7.17. The molecule has 114 valence electrons. The Morgan fingerprint density at radius 1 is 1.25 bits per heavy atom. The number of rotatable bonds is 3. The molecule has 1 saturated carbocycles. The third kappa shape index (κ3) is 3.78. The maximum absolute atomic E-state index is 12.0. The smallest absolute Gasteiger partial charge is 0.410 e. The molecule has 0 aromatic rings. The summed E-state index contributed by atoms with van der Waals surface area (Å²) in [4.78, 5) is 27.5. The van der Waals surface area contributed by atoms with Gasteiger partial charge in [0.1, 0.15) is 11.5 Å². The Morgan fingerprint density at radius 2 is 1.90 bits per heavy atom. The zero-order valence-corrected chi connectivity index (χ0v) is 13.2. The number of hydrogen-bond acceptors (Lipinski definition) is 3. The molecule has 2 aliphatic rings. The summed E-state index contributed by atoms with van der Waals surface area (Å²) in [6, 6.07) is 0.408. The van der Waals surface area contributed by atoms with Crippen LogP contribution in [0.3, 0.4) is 0 Å². The van der Waals surface area contributed by atoms with Crippen LogP contribution in [0.15, 0.2) is 0 Å². The molecule has 0 spiro atoms. The number of amides is 2. The summed E-state index contributed by atoms with van der Waals surface area (Å²) >= 11 is 5.69. The van der Waals surface area contributed by atoms with Crippen molar-refractivity contribution in [1.29, 1.82) is 0 Å². The van der Waals surface area contributed by atoms with E-state index in [0.717, 1.165) is 19.3 Å². The molecule has 0 radical (unpaired) electrons. The molecule has 2 rings (SSSR count). The molecule has 0 bridgehead atoms. The number of carbonyl (C=O) groups is 2. The molecule has 1 aliphatic heterocycles. The van der Waals surface area contributed by atoms with Gasteiger partial charge in [-0.05, 0) is 40.0 Å². The largest absolute Gasteiger partial charge is 0.444 e. The second-order valence-corrected chi connectivity index (χ2v) is 6.80. The third-order valence-corrected chi connectivity index (χ3v) is 3.78. The third-order valence-electron chi connectivity index (χ3n) is 3.55. The highest BCUT2D eigenvalue weighted by Crippen LogP contribution is 2.32. The van der Waals surface area contributed by atoms with Crippen LogP contribution in [0.25, 0.3) is 0 Å². The van der Waals surface area contributed by atoms with Gasteiger partial charge in [-0.15, -0.1) is 11.6 Å². The zero-order chi connectivity index (χ0) is 14.9. The Morgan fingerprint density at radius 3 is 2.40 bits per heavy atom. The lowest BCUT2D eigenvalue weighted by atomic mass is 10.2. The number of ether oxygens (including phenoxy) is 1. The van der Waals surface area contributed by atoms with E-state index in [0.29, 0.717) is 19.1 Å². The monoisotopic (exact) mass is 302 g/mol. The average Bonchev–Trinajstić information content (AvgIpc) is 3.03. The molecule has 0 aromatic heterocycles. The lowest BCUT2D eigenvalue weighted by Gasteiger charge is -2.29. The molecule has 0 aromatic carbocycles. The molecule has 6 heteroatoms. The van der Waals surface area contributed by atoms with Crippen molar-refractivity contribution in [3.05, 3.63) is 0 Å². The van der Waals surface area contributed by atoms with E-state index in [1.807, 2.05) is 25.7 Å². The average molecular weight is 303 g/mol. The molecule has 2 fully saturated rings. The lowest BCUT2D eigenvalue weighted by Crippen LogP contribution is -2.45. The van der Waals surface area contributed by atoms with Gasteiger partial charge in [-0.2, -0.15) is 0 Å². The van der Waals surface area contributed by atoms with Gasteiger partial charge >= 0.3 is 6.09 Å².